The van der Waals surface area contributed by atoms with Crippen LogP contribution in [0.4, 0.5) is 5.69 Å². The number of benzene rings is 1. The molecule has 0 aliphatic carbocycles. The van der Waals surface area contributed by atoms with E-state index < -0.39 is 0 Å². The second-order valence-corrected chi connectivity index (χ2v) is 3.49. The molecule has 0 saturated heterocycles. The highest BCUT2D eigenvalue weighted by Gasteiger charge is 2.07. The predicted molar refractivity (Wildman–Crippen MR) is 64.0 cm³/mol. The van der Waals surface area contributed by atoms with Crippen LogP contribution in [-0.2, 0) is 9.47 Å². The zero-order valence-electron chi connectivity index (χ0n) is 10.2. The van der Waals surface area contributed by atoms with Crippen molar-refractivity contribution in [1.82, 2.24) is 0 Å². The SMILES string of the molecule is COc1ccc(C)cc1NCC(OC)OC. The molecule has 0 fully saturated rings. The Bertz CT molecular complexity index is 324. The van der Waals surface area contributed by atoms with Crippen molar-refractivity contribution in [3.8, 4) is 5.75 Å². The number of hydrogen-bond acceptors (Lipinski definition) is 4. The van der Waals surface area contributed by atoms with Crippen molar-refractivity contribution in [2.45, 2.75) is 13.2 Å². The minimum atomic E-state index is -0.259. The Morgan fingerprint density at radius 3 is 2.44 bits per heavy atom. The summed E-state index contributed by atoms with van der Waals surface area (Å²) in [5, 5.41) is 3.23. The van der Waals surface area contributed by atoms with Gasteiger partial charge in [-0.1, -0.05) is 6.07 Å². The molecule has 0 saturated carbocycles. The molecule has 1 aromatic carbocycles. The van der Waals surface area contributed by atoms with Crippen molar-refractivity contribution in [3.05, 3.63) is 23.8 Å². The molecule has 0 aromatic heterocycles. The first-order valence-electron chi connectivity index (χ1n) is 5.15. The van der Waals surface area contributed by atoms with Crippen LogP contribution in [0.3, 0.4) is 0 Å². The zero-order chi connectivity index (χ0) is 12.0. The van der Waals surface area contributed by atoms with Crippen molar-refractivity contribution in [1.29, 1.82) is 0 Å². The molecule has 0 radical (unpaired) electrons. The first kappa shape index (κ1) is 12.8. The normalized spacial score (nSPS) is 10.6. The van der Waals surface area contributed by atoms with Gasteiger partial charge in [0.25, 0.3) is 0 Å². The smallest absolute Gasteiger partial charge is 0.173 e. The summed E-state index contributed by atoms with van der Waals surface area (Å²) in [5.74, 6) is 0.816. The van der Waals surface area contributed by atoms with Crippen molar-refractivity contribution in [2.24, 2.45) is 0 Å². The second-order valence-electron chi connectivity index (χ2n) is 3.49. The summed E-state index contributed by atoms with van der Waals surface area (Å²) in [6.07, 6.45) is -0.259. The third-order valence-electron chi connectivity index (χ3n) is 2.34. The van der Waals surface area contributed by atoms with E-state index in [-0.39, 0.29) is 6.29 Å². The maximum atomic E-state index is 5.26. The fraction of sp³-hybridized carbons (Fsp3) is 0.500. The van der Waals surface area contributed by atoms with Gasteiger partial charge in [0, 0.05) is 14.2 Å². The second kappa shape index (κ2) is 6.35. The maximum absolute atomic E-state index is 5.26. The van der Waals surface area contributed by atoms with E-state index in [2.05, 4.69) is 5.32 Å². The molecule has 1 rings (SSSR count). The van der Waals surface area contributed by atoms with Crippen LogP contribution < -0.4 is 10.1 Å². The van der Waals surface area contributed by atoms with Gasteiger partial charge < -0.3 is 19.5 Å². The summed E-state index contributed by atoms with van der Waals surface area (Å²) < 4.78 is 15.5. The van der Waals surface area contributed by atoms with Gasteiger partial charge in [0.2, 0.25) is 0 Å². The Labute approximate surface area is 96.5 Å². The molecule has 4 heteroatoms. The van der Waals surface area contributed by atoms with Crippen molar-refractivity contribution in [2.75, 3.05) is 33.2 Å². The Balaban J connectivity index is 2.68. The van der Waals surface area contributed by atoms with Gasteiger partial charge >= 0.3 is 0 Å². The lowest BCUT2D eigenvalue weighted by Gasteiger charge is -2.17. The van der Waals surface area contributed by atoms with E-state index >= 15 is 0 Å². The fourth-order valence-corrected chi connectivity index (χ4v) is 1.42. The number of ether oxygens (including phenoxy) is 3. The highest BCUT2D eigenvalue weighted by molar-refractivity contribution is 5.57. The van der Waals surface area contributed by atoms with E-state index in [4.69, 9.17) is 14.2 Å². The highest BCUT2D eigenvalue weighted by atomic mass is 16.7. The van der Waals surface area contributed by atoms with Crippen LogP contribution in [0.5, 0.6) is 5.75 Å². The molecule has 16 heavy (non-hydrogen) atoms. The summed E-state index contributed by atoms with van der Waals surface area (Å²) in [4.78, 5) is 0. The molecule has 1 aromatic rings. The standard InChI is InChI=1S/C12H19NO3/c1-9-5-6-11(14-2)10(7-9)13-8-12(15-3)16-4/h5-7,12-13H,8H2,1-4H3. The molecule has 4 nitrogen and oxygen atoms in total. The lowest BCUT2D eigenvalue weighted by atomic mass is 10.2. The first-order chi connectivity index (χ1) is 7.71. The Kier molecular flexibility index (Phi) is 5.08. The molecule has 0 amide bonds. The summed E-state index contributed by atoms with van der Waals surface area (Å²) in [6.45, 7) is 2.61. The lowest BCUT2D eigenvalue weighted by molar-refractivity contribution is -0.0914. The number of rotatable bonds is 6. The third kappa shape index (κ3) is 3.40. The van der Waals surface area contributed by atoms with Gasteiger partial charge in [-0.2, -0.15) is 0 Å². The van der Waals surface area contributed by atoms with Gasteiger partial charge in [-0.15, -0.1) is 0 Å². The maximum Gasteiger partial charge on any atom is 0.173 e. The summed E-state index contributed by atoms with van der Waals surface area (Å²) in [7, 11) is 4.88. The van der Waals surface area contributed by atoms with E-state index in [1.54, 1.807) is 21.3 Å². The lowest BCUT2D eigenvalue weighted by Crippen LogP contribution is -2.23. The molecule has 0 aliphatic rings. The Hall–Kier alpha value is -1.26. The predicted octanol–water partition coefficient (Wildman–Crippen LogP) is 2.03. The van der Waals surface area contributed by atoms with Crippen LogP contribution in [0.2, 0.25) is 0 Å². The van der Waals surface area contributed by atoms with Gasteiger partial charge in [0.15, 0.2) is 6.29 Å². The molecule has 0 unspecified atom stereocenters. The number of methoxy groups -OCH3 is 3. The summed E-state index contributed by atoms with van der Waals surface area (Å²) in [5.41, 5.74) is 2.12. The number of hydrogen-bond donors (Lipinski definition) is 1. The monoisotopic (exact) mass is 225 g/mol. The Morgan fingerprint density at radius 1 is 1.19 bits per heavy atom. The largest absolute Gasteiger partial charge is 0.495 e. The summed E-state index contributed by atoms with van der Waals surface area (Å²) in [6, 6.07) is 5.97. The van der Waals surface area contributed by atoms with Gasteiger partial charge in [-0.3, -0.25) is 0 Å². The molecule has 90 valence electrons. The van der Waals surface area contributed by atoms with Gasteiger partial charge in [-0.25, -0.2) is 0 Å². The van der Waals surface area contributed by atoms with E-state index in [9.17, 15) is 0 Å². The highest BCUT2D eigenvalue weighted by Crippen LogP contribution is 2.25. The van der Waals surface area contributed by atoms with Gasteiger partial charge in [0.05, 0.1) is 19.3 Å². The molecule has 0 spiro atoms. The third-order valence-corrected chi connectivity index (χ3v) is 2.34. The van der Waals surface area contributed by atoms with Crippen LogP contribution in [-0.4, -0.2) is 34.2 Å². The van der Waals surface area contributed by atoms with Crippen molar-refractivity contribution >= 4 is 5.69 Å². The van der Waals surface area contributed by atoms with Gasteiger partial charge in [-0.05, 0) is 24.6 Å². The minimum absolute atomic E-state index is 0.259. The molecule has 0 aliphatic heterocycles. The van der Waals surface area contributed by atoms with E-state index in [1.807, 2.05) is 25.1 Å². The van der Waals surface area contributed by atoms with Crippen LogP contribution in [0.25, 0.3) is 0 Å². The van der Waals surface area contributed by atoms with E-state index in [1.165, 1.54) is 5.56 Å². The van der Waals surface area contributed by atoms with Crippen LogP contribution in [0.1, 0.15) is 5.56 Å². The molecule has 0 bridgehead atoms. The molecule has 0 heterocycles. The minimum Gasteiger partial charge on any atom is -0.495 e. The summed E-state index contributed by atoms with van der Waals surface area (Å²) >= 11 is 0. The number of aryl methyl sites for hydroxylation is 1. The molecule has 0 atom stereocenters. The first-order valence-corrected chi connectivity index (χ1v) is 5.15. The number of nitrogens with one attached hydrogen (secondary N) is 1. The molecule has 1 N–H and O–H groups in total. The quantitative estimate of drug-likeness (QED) is 0.752. The van der Waals surface area contributed by atoms with Crippen molar-refractivity contribution < 1.29 is 14.2 Å². The van der Waals surface area contributed by atoms with Crippen LogP contribution in [0, 0.1) is 6.92 Å². The van der Waals surface area contributed by atoms with Crippen molar-refractivity contribution in [3.63, 3.8) is 0 Å². The molecular weight excluding hydrogens is 206 g/mol. The van der Waals surface area contributed by atoms with Gasteiger partial charge in [0.1, 0.15) is 5.75 Å². The van der Waals surface area contributed by atoms with E-state index in [0.29, 0.717) is 6.54 Å². The zero-order valence-corrected chi connectivity index (χ0v) is 10.2. The van der Waals surface area contributed by atoms with Crippen LogP contribution in [0.15, 0.2) is 18.2 Å². The average Bonchev–Trinajstić information content (AvgIpc) is 2.30. The van der Waals surface area contributed by atoms with E-state index in [0.717, 1.165) is 11.4 Å². The number of anilines is 1. The average molecular weight is 225 g/mol. The van der Waals surface area contributed by atoms with Crippen LogP contribution >= 0.6 is 0 Å². The Morgan fingerprint density at radius 2 is 1.88 bits per heavy atom. The molecular formula is C12H19NO3. The topological polar surface area (TPSA) is 39.7 Å². The fourth-order valence-electron chi connectivity index (χ4n) is 1.42.